The molecule has 106 valence electrons. The molecule has 1 unspecified atom stereocenters. The highest BCUT2D eigenvalue weighted by Crippen LogP contribution is 2.15. The quantitative estimate of drug-likeness (QED) is 0.822. The molecule has 1 rings (SSSR count). The van der Waals surface area contributed by atoms with Crippen LogP contribution in [-0.4, -0.2) is 42.8 Å². The summed E-state index contributed by atoms with van der Waals surface area (Å²) in [5.74, 6) is 0.665. The lowest BCUT2D eigenvalue weighted by Gasteiger charge is -2.34. The van der Waals surface area contributed by atoms with Crippen molar-refractivity contribution < 1.29 is 9.53 Å². The van der Waals surface area contributed by atoms with Crippen molar-refractivity contribution in [2.45, 2.75) is 59.0 Å². The third kappa shape index (κ3) is 4.48. The molecule has 0 saturated carbocycles. The summed E-state index contributed by atoms with van der Waals surface area (Å²) < 4.78 is 5.02. The summed E-state index contributed by atoms with van der Waals surface area (Å²) >= 11 is 0. The normalized spacial score (nSPS) is 19.1. The Kier molecular flexibility index (Phi) is 6.47. The van der Waals surface area contributed by atoms with E-state index in [0.29, 0.717) is 24.6 Å². The summed E-state index contributed by atoms with van der Waals surface area (Å²) in [7, 11) is 0. The molecule has 1 saturated heterocycles. The van der Waals surface area contributed by atoms with Crippen LogP contribution in [0.25, 0.3) is 0 Å². The van der Waals surface area contributed by atoms with Gasteiger partial charge in [-0.15, -0.1) is 0 Å². The Morgan fingerprint density at radius 2 is 1.94 bits per heavy atom. The number of ether oxygens (including phenoxy) is 1. The lowest BCUT2D eigenvalue weighted by Crippen LogP contribution is -2.49. The van der Waals surface area contributed by atoms with Crippen LogP contribution in [-0.2, 0) is 4.74 Å². The lowest BCUT2D eigenvalue weighted by atomic mass is 9.97. The van der Waals surface area contributed by atoms with E-state index in [9.17, 15) is 4.79 Å². The van der Waals surface area contributed by atoms with E-state index in [1.165, 1.54) is 0 Å². The third-order valence-electron chi connectivity index (χ3n) is 3.72. The molecule has 1 heterocycles. The van der Waals surface area contributed by atoms with Crippen LogP contribution in [0, 0.1) is 5.92 Å². The Bertz CT molecular complexity index is 248. The molecule has 0 radical (unpaired) electrons. The number of carbonyl (C=O) groups excluding carboxylic acids is 1. The zero-order valence-corrected chi connectivity index (χ0v) is 12.2. The zero-order valence-electron chi connectivity index (χ0n) is 12.2. The SMILES string of the molecule is CCOC(=O)N1CCC(NC(CC)C(C)C)CC1. The number of rotatable bonds is 5. The number of hydrogen-bond donors (Lipinski definition) is 1. The Hall–Kier alpha value is -0.770. The average Bonchev–Trinajstić information content (AvgIpc) is 2.36. The van der Waals surface area contributed by atoms with Crippen molar-refractivity contribution in [3.63, 3.8) is 0 Å². The summed E-state index contributed by atoms with van der Waals surface area (Å²) in [5.41, 5.74) is 0. The van der Waals surface area contributed by atoms with Crippen LogP contribution in [0.15, 0.2) is 0 Å². The summed E-state index contributed by atoms with van der Waals surface area (Å²) in [5, 5.41) is 3.72. The van der Waals surface area contributed by atoms with Crippen LogP contribution in [0.1, 0.15) is 47.0 Å². The molecule has 18 heavy (non-hydrogen) atoms. The van der Waals surface area contributed by atoms with Crippen LogP contribution in [0.2, 0.25) is 0 Å². The Balaban J connectivity index is 2.32. The van der Waals surface area contributed by atoms with Gasteiger partial charge in [0, 0.05) is 25.2 Å². The Morgan fingerprint density at radius 1 is 1.33 bits per heavy atom. The fourth-order valence-corrected chi connectivity index (χ4v) is 2.53. The van der Waals surface area contributed by atoms with Gasteiger partial charge in [0.1, 0.15) is 0 Å². The van der Waals surface area contributed by atoms with E-state index in [-0.39, 0.29) is 6.09 Å². The molecule has 0 aliphatic carbocycles. The van der Waals surface area contributed by atoms with Gasteiger partial charge in [-0.3, -0.25) is 0 Å². The van der Waals surface area contributed by atoms with Gasteiger partial charge in [-0.2, -0.15) is 0 Å². The topological polar surface area (TPSA) is 41.6 Å². The van der Waals surface area contributed by atoms with Gasteiger partial charge in [-0.05, 0) is 32.1 Å². The van der Waals surface area contributed by atoms with Gasteiger partial charge >= 0.3 is 6.09 Å². The van der Waals surface area contributed by atoms with Crippen LogP contribution >= 0.6 is 0 Å². The highest BCUT2D eigenvalue weighted by Gasteiger charge is 2.25. The maximum atomic E-state index is 11.6. The van der Waals surface area contributed by atoms with Crippen LogP contribution < -0.4 is 5.32 Å². The Labute approximate surface area is 111 Å². The van der Waals surface area contributed by atoms with Crippen molar-refractivity contribution in [1.29, 1.82) is 0 Å². The second kappa shape index (κ2) is 7.62. The van der Waals surface area contributed by atoms with Gasteiger partial charge in [0.2, 0.25) is 0 Å². The summed E-state index contributed by atoms with van der Waals surface area (Å²) in [6.45, 7) is 10.7. The Morgan fingerprint density at radius 3 is 2.39 bits per heavy atom. The number of carbonyl (C=O) groups is 1. The van der Waals surface area contributed by atoms with E-state index >= 15 is 0 Å². The van der Waals surface area contributed by atoms with Crippen molar-refractivity contribution in [3.8, 4) is 0 Å². The molecule has 1 amide bonds. The highest BCUT2D eigenvalue weighted by atomic mass is 16.6. The monoisotopic (exact) mass is 256 g/mol. The van der Waals surface area contributed by atoms with Gasteiger partial charge in [-0.1, -0.05) is 20.8 Å². The maximum absolute atomic E-state index is 11.6. The fraction of sp³-hybridized carbons (Fsp3) is 0.929. The summed E-state index contributed by atoms with van der Waals surface area (Å²) in [6.07, 6.45) is 3.06. The molecule has 1 N–H and O–H groups in total. The van der Waals surface area contributed by atoms with Gasteiger partial charge in [0.25, 0.3) is 0 Å². The van der Waals surface area contributed by atoms with Gasteiger partial charge < -0.3 is 15.0 Å². The van der Waals surface area contributed by atoms with Crippen LogP contribution in [0.5, 0.6) is 0 Å². The molecule has 0 aromatic rings. The third-order valence-corrected chi connectivity index (χ3v) is 3.72. The first kappa shape index (κ1) is 15.3. The molecule has 4 heteroatoms. The van der Waals surface area contributed by atoms with Gasteiger partial charge in [0.15, 0.2) is 0 Å². The molecule has 4 nitrogen and oxygen atoms in total. The van der Waals surface area contributed by atoms with Crippen molar-refractivity contribution >= 4 is 6.09 Å². The first-order valence-corrected chi connectivity index (χ1v) is 7.26. The summed E-state index contributed by atoms with van der Waals surface area (Å²) in [6, 6.07) is 1.13. The molecule has 1 fully saturated rings. The highest BCUT2D eigenvalue weighted by molar-refractivity contribution is 5.67. The van der Waals surface area contributed by atoms with E-state index < -0.39 is 0 Å². The van der Waals surface area contributed by atoms with Crippen molar-refractivity contribution in [1.82, 2.24) is 10.2 Å². The predicted octanol–water partition coefficient (Wildman–Crippen LogP) is 2.63. The predicted molar refractivity (Wildman–Crippen MR) is 73.7 cm³/mol. The standard InChI is InChI=1S/C14H28N2O2/c1-5-13(11(3)4)15-12-7-9-16(10-8-12)14(17)18-6-2/h11-13,15H,5-10H2,1-4H3. The van der Waals surface area contributed by atoms with E-state index in [2.05, 4.69) is 26.1 Å². The molecular formula is C14H28N2O2. The van der Waals surface area contributed by atoms with E-state index in [1.54, 1.807) is 0 Å². The molecule has 0 aromatic heterocycles. The number of nitrogens with zero attached hydrogens (tertiary/aromatic N) is 1. The van der Waals surface area contributed by atoms with Crippen molar-refractivity contribution in [2.24, 2.45) is 5.92 Å². The average molecular weight is 256 g/mol. The van der Waals surface area contributed by atoms with E-state index in [4.69, 9.17) is 4.74 Å². The van der Waals surface area contributed by atoms with Crippen molar-refractivity contribution in [3.05, 3.63) is 0 Å². The zero-order chi connectivity index (χ0) is 13.5. The number of hydrogen-bond acceptors (Lipinski definition) is 3. The number of amides is 1. The smallest absolute Gasteiger partial charge is 0.409 e. The van der Waals surface area contributed by atoms with Crippen LogP contribution in [0.4, 0.5) is 4.79 Å². The fourth-order valence-electron chi connectivity index (χ4n) is 2.53. The first-order chi connectivity index (χ1) is 8.58. The number of nitrogens with one attached hydrogen (secondary N) is 1. The minimum absolute atomic E-state index is 0.160. The molecule has 1 aliphatic heterocycles. The van der Waals surface area contributed by atoms with Gasteiger partial charge in [-0.25, -0.2) is 4.79 Å². The molecule has 1 aliphatic rings. The second-order valence-corrected chi connectivity index (χ2v) is 5.39. The number of piperidine rings is 1. The molecule has 0 bridgehead atoms. The maximum Gasteiger partial charge on any atom is 0.409 e. The first-order valence-electron chi connectivity index (χ1n) is 7.26. The van der Waals surface area contributed by atoms with E-state index in [0.717, 1.165) is 32.4 Å². The lowest BCUT2D eigenvalue weighted by molar-refractivity contribution is 0.0934. The summed E-state index contributed by atoms with van der Waals surface area (Å²) in [4.78, 5) is 13.4. The number of likely N-dealkylation sites (tertiary alicyclic amines) is 1. The molecule has 1 atom stereocenters. The van der Waals surface area contributed by atoms with Gasteiger partial charge in [0.05, 0.1) is 6.61 Å². The molecule has 0 spiro atoms. The largest absolute Gasteiger partial charge is 0.450 e. The van der Waals surface area contributed by atoms with Crippen molar-refractivity contribution in [2.75, 3.05) is 19.7 Å². The minimum atomic E-state index is -0.160. The van der Waals surface area contributed by atoms with E-state index in [1.807, 2.05) is 11.8 Å². The molecule has 0 aromatic carbocycles. The second-order valence-electron chi connectivity index (χ2n) is 5.39. The van der Waals surface area contributed by atoms with Crippen LogP contribution in [0.3, 0.4) is 0 Å². The minimum Gasteiger partial charge on any atom is -0.450 e. The molecular weight excluding hydrogens is 228 g/mol.